The Balaban J connectivity index is 1.24. The maximum Gasteiger partial charge on any atom is 0.418 e. The van der Waals surface area contributed by atoms with Crippen molar-refractivity contribution in [3.8, 4) is 11.5 Å². The van der Waals surface area contributed by atoms with Crippen molar-refractivity contribution >= 4 is 40.7 Å². The second-order valence-electron chi connectivity index (χ2n) is 12.6. The van der Waals surface area contributed by atoms with Gasteiger partial charge in [0, 0.05) is 71.1 Å². The first-order chi connectivity index (χ1) is 21.0. The van der Waals surface area contributed by atoms with E-state index >= 15 is 8.78 Å². The summed E-state index contributed by atoms with van der Waals surface area (Å²) in [5.41, 5.74) is -1.49. The van der Waals surface area contributed by atoms with Crippen LogP contribution in [-0.2, 0) is 27.5 Å². The summed E-state index contributed by atoms with van der Waals surface area (Å²) in [7, 11) is -4.47. The molecule has 2 aromatic heterocycles. The summed E-state index contributed by atoms with van der Waals surface area (Å²) in [6, 6.07) is 2.68. The number of aromatic nitrogens is 2. The molecule has 2 saturated heterocycles. The number of anilines is 1. The van der Waals surface area contributed by atoms with E-state index in [4.69, 9.17) is 9.47 Å². The van der Waals surface area contributed by atoms with E-state index in [-0.39, 0.29) is 30.4 Å². The SMILES string of the molecule is C[Si](C)(C)CCOCn1cc(C(F)(F)F)c2c(Oc3c(F)cc(NC(=O)NCCN4CC5(CCS5(=O)=O)C4)cc3F)ccnc21. The number of carbonyl (C=O) groups is 1. The number of alkyl halides is 3. The first-order valence-electron chi connectivity index (χ1n) is 14.3. The lowest BCUT2D eigenvalue weighted by Gasteiger charge is -2.54. The number of fused-ring (bicyclic) bond motifs is 1. The molecule has 1 aromatic carbocycles. The Morgan fingerprint density at radius 1 is 1.16 bits per heavy atom. The quantitative estimate of drug-likeness (QED) is 0.158. The number of hydrogen-bond donors (Lipinski definition) is 2. The van der Waals surface area contributed by atoms with Gasteiger partial charge in [0.15, 0.2) is 27.2 Å². The minimum atomic E-state index is -4.83. The summed E-state index contributed by atoms with van der Waals surface area (Å²) >= 11 is 0. The van der Waals surface area contributed by atoms with Crippen molar-refractivity contribution in [1.82, 2.24) is 19.8 Å². The van der Waals surface area contributed by atoms with Crippen LogP contribution < -0.4 is 15.4 Å². The zero-order valence-corrected chi connectivity index (χ0v) is 26.7. The Kier molecular flexibility index (Phi) is 8.93. The number of carbonyl (C=O) groups excluding carboxylic acids is 1. The smallest absolute Gasteiger partial charge is 0.418 e. The van der Waals surface area contributed by atoms with E-state index < -0.39 is 68.9 Å². The standard InChI is InChI=1S/C28H34F5N5O5SSi/c1-45(2,3)11-9-42-17-38-14-19(28(31,32)33)23-22(4-6-34-25(23)38)43-24-20(29)12-18(13-21(24)30)36-26(39)35-7-8-37-15-27(16-37)5-10-44(27,40)41/h4,6,12-14H,5,7-11,15-17H2,1-3H3,(H2,35,36,39). The Morgan fingerprint density at radius 2 is 1.84 bits per heavy atom. The van der Waals surface area contributed by atoms with Crippen LogP contribution in [0.15, 0.2) is 30.6 Å². The molecule has 0 radical (unpaired) electrons. The lowest BCUT2D eigenvalue weighted by atomic mass is 9.95. The zero-order valence-electron chi connectivity index (χ0n) is 24.9. The highest BCUT2D eigenvalue weighted by Gasteiger charge is 2.59. The van der Waals surface area contributed by atoms with Gasteiger partial charge >= 0.3 is 12.2 Å². The van der Waals surface area contributed by atoms with E-state index in [1.807, 2.05) is 4.90 Å². The third-order valence-corrected chi connectivity index (χ3v) is 12.2. The Bertz CT molecular complexity index is 1680. The second kappa shape index (κ2) is 12.1. The number of halogens is 5. The van der Waals surface area contributed by atoms with Gasteiger partial charge in [-0.1, -0.05) is 19.6 Å². The minimum Gasteiger partial charge on any atom is -0.450 e. The lowest BCUT2D eigenvalue weighted by Crippen LogP contribution is -2.72. The van der Waals surface area contributed by atoms with E-state index in [2.05, 4.69) is 35.3 Å². The van der Waals surface area contributed by atoms with Crippen LogP contribution in [-0.4, -0.2) is 80.3 Å². The Hall–Kier alpha value is -3.28. The van der Waals surface area contributed by atoms with Gasteiger partial charge in [-0.3, -0.25) is 4.90 Å². The molecule has 0 bridgehead atoms. The molecule has 4 heterocycles. The summed E-state index contributed by atoms with van der Waals surface area (Å²) in [5, 5.41) is 4.35. The molecule has 2 N–H and O–H groups in total. The molecule has 2 aliphatic rings. The third kappa shape index (κ3) is 7.10. The van der Waals surface area contributed by atoms with Crippen molar-refractivity contribution in [2.75, 3.05) is 43.9 Å². The maximum atomic E-state index is 15.0. The van der Waals surface area contributed by atoms with Crippen molar-refractivity contribution in [2.45, 2.75) is 49.8 Å². The molecule has 45 heavy (non-hydrogen) atoms. The summed E-state index contributed by atoms with van der Waals surface area (Å²) in [4.78, 5) is 18.2. The molecule has 2 amide bonds. The summed E-state index contributed by atoms with van der Waals surface area (Å²) < 4.78 is 107. The van der Waals surface area contributed by atoms with E-state index in [9.17, 15) is 26.4 Å². The Morgan fingerprint density at radius 3 is 2.42 bits per heavy atom. The number of hydrogen-bond acceptors (Lipinski definition) is 7. The summed E-state index contributed by atoms with van der Waals surface area (Å²) in [6.07, 6.45) is -2.20. The maximum absolute atomic E-state index is 15.0. The number of rotatable bonds is 11. The van der Waals surface area contributed by atoms with Crippen LogP contribution in [0.1, 0.15) is 12.0 Å². The van der Waals surface area contributed by atoms with Gasteiger partial charge in [0.25, 0.3) is 0 Å². The first kappa shape index (κ1) is 33.1. The molecule has 5 rings (SSSR count). The average Bonchev–Trinajstić information content (AvgIpc) is 3.29. The monoisotopic (exact) mass is 675 g/mol. The van der Waals surface area contributed by atoms with Crippen LogP contribution in [0.3, 0.4) is 0 Å². The highest BCUT2D eigenvalue weighted by molar-refractivity contribution is 7.94. The van der Waals surface area contributed by atoms with Crippen molar-refractivity contribution in [2.24, 2.45) is 0 Å². The van der Waals surface area contributed by atoms with Crippen LogP contribution in [0.2, 0.25) is 25.7 Å². The van der Waals surface area contributed by atoms with Gasteiger partial charge in [0.1, 0.15) is 18.1 Å². The fourth-order valence-corrected chi connectivity index (χ4v) is 7.94. The van der Waals surface area contributed by atoms with Crippen LogP contribution in [0, 0.1) is 11.6 Å². The molecule has 246 valence electrons. The minimum absolute atomic E-state index is 0.133. The highest BCUT2D eigenvalue weighted by Crippen LogP contribution is 2.43. The predicted octanol–water partition coefficient (Wildman–Crippen LogP) is 5.43. The van der Waals surface area contributed by atoms with Gasteiger partial charge in [0.2, 0.25) is 0 Å². The van der Waals surface area contributed by atoms with Crippen molar-refractivity contribution in [1.29, 1.82) is 0 Å². The lowest BCUT2D eigenvalue weighted by molar-refractivity contribution is -0.136. The first-order valence-corrected chi connectivity index (χ1v) is 19.6. The number of amides is 2. The van der Waals surface area contributed by atoms with Crippen molar-refractivity contribution in [3.63, 3.8) is 0 Å². The fraction of sp³-hybridized carbons (Fsp3) is 0.500. The van der Waals surface area contributed by atoms with Gasteiger partial charge in [-0.2, -0.15) is 13.2 Å². The second-order valence-corrected chi connectivity index (χ2v) is 20.7. The van der Waals surface area contributed by atoms with Gasteiger partial charge < -0.3 is 24.7 Å². The van der Waals surface area contributed by atoms with Gasteiger partial charge in [-0.15, -0.1) is 0 Å². The van der Waals surface area contributed by atoms with E-state index in [0.29, 0.717) is 32.7 Å². The number of benzene rings is 1. The molecule has 2 fully saturated rings. The van der Waals surface area contributed by atoms with Crippen LogP contribution in [0.25, 0.3) is 11.0 Å². The summed E-state index contributed by atoms with van der Waals surface area (Å²) in [6.45, 7) is 7.93. The molecule has 0 atom stereocenters. The molecule has 1 spiro atoms. The molecular formula is C28H34F5N5O5SSi. The van der Waals surface area contributed by atoms with Crippen LogP contribution >= 0.6 is 0 Å². The van der Waals surface area contributed by atoms with Crippen LogP contribution in [0.5, 0.6) is 11.5 Å². The van der Waals surface area contributed by atoms with Gasteiger partial charge in [-0.25, -0.2) is 27.0 Å². The molecule has 2 aliphatic heterocycles. The van der Waals surface area contributed by atoms with Gasteiger partial charge in [-0.05, 0) is 18.5 Å². The molecule has 0 aliphatic carbocycles. The number of urea groups is 1. The van der Waals surface area contributed by atoms with Crippen LogP contribution in [0.4, 0.5) is 32.4 Å². The Labute approximate surface area is 257 Å². The number of nitrogens with zero attached hydrogens (tertiary/aromatic N) is 3. The fourth-order valence-electron chi connectivity index (χ4n) is 5.31. The number of likely N-dealkylation sites (tertiary alicyclic amines) is 1. The normalized spacial score (nSPS) is 17.6. The van der Waals surface area contributed by atoms with Gasteiger partial charge in [0.05, 0.1) is 21.4 Å². The zero-order chi connectivity index (χ0) is 32.8. The van der Waals surface area contributed by atoms with E-state index in [1.54, 1.807) is 0 Å². The predicted molar refractivity (Wildman–Crippen MR) is 160 cm³/mol. The highest BCUT2D eigenvalue weighted by atomic mass is 32.2. The topological polar surface area (TPSA) is 115 Å². The summed E-state index contributed by atoms with van der Waals surface area (Å²) in [5.74, 6) is -3.75. The molecule has 0 unspecified atom stereocenters. The number of ether oxygens (including phenoxy) is 2. The number of pyridine rings is 1. The van der Waals surface area contributed by atoms with Crippen molar-refractivity contribution < 1.29 is 44.6 Å². The number of nitrogens with one attached hydrogen (secondary N) is 2. The largest absolute Gasteiger partial charge is 0.450 e. The number of sulfone groups is 1. The molecule has 0 saturated carbocycles. The van der Waals surface area contributed by atoms with E-state index in [1.165, 1.54) is 4.57 Å². The third-order valence-electron chi connectivity index (χ3n) is 7.94. The average molecular weight is 676 g/mol. The molecule has 17 heteroatoms. The molecule has 10 nitrogen and oxygen atoms in total. The van der Waals surface area contributed by atoms with Crippen molar-refractivity contribution in [3.05, 3.63) is 47.8 Å². The molecular weight excluding hydrogens is 641 g/mol. The molecule has 3 aromatic rings. The van der Waals surface area contributed by atoms with E-state index in [0.717, 1.165) is 36.6 Å².